The molecule has 29 heavy (non-hydrogen) atoms. The Hall–Kier alpha value is -0.900. The summed E-state index contributed by atoms with van der Waals surface area (Å²) in [5, 5.41) is 3.49. The van der Waals surface area contributed by atoms with E-state index in [9.17, 15) is 0 Å². The summed E-state index contributed by atoms with van der Waals surface area (Å²) in [7, 11) is 6.18. The van der Waals surface area contributed by atoms with Gasteiger partial charge in [-0.2, -0.15) is 0 Å². The Balaban J connectivity index is 0.00000300. The molecule has 2 aliphatic heterocycles. The Kier molecular flexibility index (Phi) is 10.7. The van der Waals surface area contributed by atoms with Crippen LogP contribution in [0.15, 0.2) is 29.3 Å². The van der Waals surface area contributed by atoms with Gasteiger partial charge in [0.05, 0.1) is 6.61 Å². The van der Waals surface area contributed by atoms with Crippen LogP contribution in [0.5, 0.6) is 0 Å². The molecule has 1 unspecified atom stereocenters. The van der Waals surface area contributed by atoms with Gasteiger partial charge in [-0.3, -0.25) is 9.89 Å². The monoisotopic (exact) mass is 515 g/mol. The smallest absolute Gasteiger partial charge is 0.193 e. The van der Waals surface area contributed by atoms with Crippen LogP contribution in [0.1, 0.15) is 24.0 Å². The summed E-state index contributed by atoms with van der Waals surface area (Å²) in [6.07, 6.45) is 2.41. The number of hydrogen-bond acceptors (Lipinski definition) is 4. The summed E-state index contributed by atoms with van der Waals surface area (Å²) >= 11 is 0. The highest BCUT2D eigenvalue weighted by Crippen LogP contribution is 2.14. The maximum atomic E-state index is 5.49. The summed E-state index contributed by atoms with van der Waals surface area (Å²) in [6.45, 7) is 9.34. The number of rotatable bonds is 6. The third-order valence-corrected chi connectivity index (χ3v) is 5.82. The van der Waals surface area contributed by atoms with E-state index in [1.54, 1.807) is 0 Å². The van der Waals surface area contributed by atoms with Crippen molar-refractivity contribution in [3.05, 3.63) is 35.4 Å². The van der Waals surface area contributed by atoms with Crippen molar-refractivity contribution in [1.29, 1.82) is 0 Å². The fourth-order valence-electron chi connectivity index (χ4n) is 4.05. The van der Waals surface area contributed by atoms with E-state index < -0.39 is 0 Å². The molecule has 0 bridgehead atoms. The molecule has 164 valence electrons. The van der Waals surface area contributed by atoms with E-state index in [1.165, 1.54) is 37.2 Å². The molecule has 0 radical (unpaired) electrons. The molecule has 2 saturated heterocycles. The van der Waals surface area contributed by atoms with Crippen molar-refractivity contribution in [2.45, 2.75) is 25.9 Å². The van der Waals surface area contributed by atoms with Crippen molar-refractivity contribution in [3.63, 3.8) is 0 Å². The number of likely N-dealkylation sites (N-methyl/N-ethyl adjacent to an activating group) is 1. The second-order valence-corrected chi connectivity index (χ2v) is 8.26. The van der Waals surface area contributed by atoms with Crippen molar-refractivity contribution in [2.24, 2.45) is 10.9 Å². The van der Waals surface area contributed by atoms with Crippen LogP contribution < -0.4 is 5.32 Å². The molecule has 2 heterocycles. The zero-order chi connectivity index (χ0) is 19.8. The molecule has 1 N–H and O–H groups in total. The van der Waals surface area contributed by atoms with E-state index >= 15 is 0 Å². The van der Waals surface area contributed by atoms with E-state index in [0.29, 0.717) is 5.92 Å². The van der Waals surface area contributed by atoms with Gasteiger partial charge < -0.3 is 19.9 Å². The minimum Gasteiger partial charge on any atom is -0.381 e. The van der Waals surface area contributed by atoms with E-state index in [-0.39, 0.29) is 24.0 Å². The van der Waals surface area contributed by atoms with Gasteiger partial charge in [-0.25, -0.2) is 0 Å². The Morgan fingerprint density at radius 2 is 1.93 bits per heavy atom. The van der Waals surface area contributed by atoms with Crippen molar-refractivity contribution in [3.8, 4) is 0 Å². The Labute approximate surface area is 193 Å². The summed E-state index contributed by atoms with van der Waals surface area (Å²) in [4.78, 5) is 11.6. The second kappa shape index (κ2) is 12.7. The lowest BCUT2D eigenvalue weighted by Crippen LogP contribution is -2.41. The van der Waals surface area contributed by atoms with Crippen molar-refractivity contribution >= 4 is 29.9 Å². The SMILES string of the molecule is CN=C(NCc1ccc(CN2CCCN(C)CC2)cc1)N(C)CC1CCOC1.I. The van der Waals surface area contributed by atoms with Crippen LogP contribution in [0, 0.1) is 5.92 Å². The van der Waals surface area contributed by atoms with Crippen LogP contribution in [-0.2, 0) is 17.8 Å². The van der Waals surface area contributed by atoms with E-state index in [2.05, 4.69) is 63.4 Å². The highest BCUT2D eigenvalue weighted by molar-refractivity contribution is 14.0. The molecule has 3 rings (SSSR count). The summed E-state index contributed by atoms with van der Waals surface area (Å²) < 4.78 is 5.49. The van der Waals surface area contributed by atoms with Gasteiger partial charge in [0, 0.05) is 59.3 Å². The maximum absolute atomic E-state index is 5.49. The molecule has 7 heteroatoms. The number of guanidine groups is 1. The average molecular weight is 515 g/mol. The van der Waals surface area contributed by atoms with Crippen molar-refractivity contribution in [2.75, 3.05) is 67.1 Å². The van der Waals surface area contributed by atoms with E-state index in [4.69, 9.17) is 4.74 Å². The second-order valence-electron chi connectivity index (χ2n) is 8.26. The summed E-state index contributed by atoms with van der Waals surface area (Å²) in [5.41, 5.74) is 2.69. The summed E-state index contributed by atoms with van der Waals surface area (Å²) in [6, 6.07) is 9.02. The van der Waals surface area contributed by atoms with E-state index in [0.717, 1.165) is 51.8 Å². The van der Waals surface area contributed by atoms with Crippen LogP contribution in [0.3, 0.4) is 0 Å². The molecule has 0 amide bonds. The fourth-order valence-corrected chi connectivity index (χ4v) is 4.05. The molecular weight excluding hydrogens is 477 g/mol. The minimum atomic E-state index is 0. The molecule has 0 aromatic heterocycles. The van der Waals surface area contributed by atoms with Gasteiger partial charge in [-0.05, 0) is 44.1 Å². The number of ether oxygens (including phenoxy) is 1. The summed E-state index contributed by atoms with van der Waals surface area (Å²) in [5.74, 6) is 1.56. The van der Waals surface area contributed by atoms with Gasteiger partial charge in [-0.1, -0.05) is 24.3 Å². The molecule has 0 aliphatic carbocycles. The Morgan fingerprint density at radius 1 is 1.17 bits per heavy atom. The number of nitrogens with one attached hydrogen (secondary N) is 1. The highest BCUT2D eigenvalue weighted by Gasteiger charge is 2.19. The van der Waals surface area contributed by atoms with Gasteiger partial charge in [-0.15, -0.1) is 24.0 Å². The Morgan fingerprint density at radius 3 is 2.62 bits per heavy atom. The first-order valence-electron chi connectivity index (χ1n) is 10.6. The topological polar surface area (TPSA) is 43.3 Å². The Bertz CT molecular complexity index is 618. The number of halogens is 1. The lowest BCUT2D eigenvalue weighted by atomic mass is 10.1. The van der Waals surface area contributed by atoms with Gasteiger partial charge in [0.15, 0.2) is 5.96 Å². The zero-order valence-electron chi connectivity index (χ0n) is 18.3. The lowest BCUT2D eigenvalue weighted by Gasteiger charge is -2.24. The van der Waals surface area contributed by atoms with Crippen LogP contribution >= 0.6 is 24.0 Å². The van der Waals surface area contributed by atoms with Gasteiger partial charge in [0.2, 0.25) is 0 Å². The molecule has 1 aromatic carbocycles. The predicted octanol–water partition coefficient (Wildman–Crippen LogP) is 2.49. The molecule has 1 aromatic rings. The standard InChI is InChI=1S/C22H37N5O.HI/c1-23-22(26(3)16-21-9-14-28-18-21)24-15-19-5-7-20(8-6-19)17-27-11-4-10-25(2)12-13-27;/h5-8,21H,4,9-18H2,1-3H3,(H,23,24);1H. The lowest BCUT2D eigenvalue weighted by molar-refractivity contribution is 0.181. The third kappa shape index (κ3) is 8.03. The van der Waals surface area contributed by atoms with Gasteiger partial charge >= 0.3 is 0 Å². The number of nitrogens with zero attached hydrogens (tertiary/aromatic N) is 4. The van der Waals surface area contributed by atoms with Crippen LogP contribution in [-0.4, -0.2) is 87.7 Å². The number of hydrogen-bond donors (Lipinski definition) is 1. The number of aliphatic imine (C=N–C) groups is 1. The normalized spacial score (nSPS) is 21.5. The quantitative estimate of drug-likeness (QED) is 0.359. The van der Waals surface area contributed by atoms with Gasteiger partial charge in [0.25, 0.3) is 0 Å². The first-order valence-corrected chi connectivity index (χ1v) is 10.6. The first kappa shape index (κ1) is 24.4. The molecule has 2 aliphatic rings. The molecule has 6 nitrogen and oxygen atoms in total. The molecule has 0 saturated carbocycles. The number of benzene rings is 1. The fraction of sp³-hybridized carbons (Fsp3) is 0.682. The zero-order valence-corrected chi connectivity index (χ0v) is 20.6. The van der Waals surface area contributed by atoms with Crippen LogP contribution in [0.25, 0.3) is 0 Å². The third-order valence-electron chi connectivity index (χ3n) is 5.82. The largest absolute Gasteiger partial charge is 0.381 e. The minimum absolute atomic E-state index is 0. The van der Waals surface area contributed by atoms with Crippen LogP contribution in [0.4, 0.5) is 0 Å². The van der Waals surface area contributed by atoms with Crippen LogP contribution in [0.2, 0.25) is 0 Å². The molecule has 1 atom stereocenters. The van der Waals surface area contributed by atoms with Crippen molar-refractivity contribution in [1.82, 2.24) is 20.0 Å². The molecular formula is C22H38IN5O. The average Bonchev–Trinajstić information content (AvgIpc) is 3.12. The van der Waals surface area contributed by atoms with E-state index in [1.807, 2.05) is 7.05 Å². The molecule has 0 spiro atoms. The maximum Gasteiger partial charge on any atom is 0.193 e. The van der Waals surface area contributed by atoms with Crippen molar-refractivity contribution < 1.29 is 4.74 Å². The first-order chi connectivity index (χ1) is 13.6. The molecule has 2 fully saturated rings. The van der Waals surface area contributed by atoms with Gasteiger partial charge in [0.1, 0.15) is 0 Å². The predicted molar refractivity (Wildman–Crippen MR) is 131 cm³/mol. The highest BCUT2D eigenvalue weighted by atomic mass is 127.